The summed E-state index contributed by atoms with van der Waals surface area (Å²) in [6.45, 7) is 10.6. The van der Waals surface area contributed by atoms with Gasteiger partial charge in [0, 0.05) is 13.1 Å². The molecule has 0 aliphatic rings. The Morgan fingerprint density at radius 3 is 2.39 bits per heavy atom. The molecule has 0 fully saturated rings. The molecule has 0 aromatic heterocycles. The monoisotopic (exact) mass is 556 g/mol. The summed E-state index contributed by atoms with van der Waals surface area (Å²) < 4.78 is 6.59. The van der Waals surface area contributed by atoms with E-state index in [0.717, 1.165) is 22.0 Å². The molecule has 2 aromatic rings. The highest BCUT2D eigenvalue weighted by atomic mass is 79.9. The summed E-state index contributed by atoms with van der Waals surface area (Å²) in [6.07, 6.45) is 0.806. The lowest BCUT2D eigenvalue weighted by molar-refractivity contribution is -0.142. The molecule has 2 rings (SSSR count). The summed E-state index contributed by atoms with van der Waals surface area (Å²) >= 11 is 15.7. The lowest BCUT2D eigenvalue weighted by Gasteiger charge is -2.29. The van der Waals surface area contributed by atoms with Gasteiger partial charge < -0.3 is 15.0 Å². The first-order valence-electron chi connectivity index (χ1n) is 10.9. The van der Waals surface area contributed by atoms with Crippen molar-refractivity contribution in [2.45, 2.75) is 59.0 Å². The Hall–Kier alpha value is -1.76. The quantitative estimate of drug-likeness (QED) is 0.389. The van der Waals surface area contributed by atoms with E-state index in [2.05, 4.69) is 42.0 Å². The highest BCUT2D eigenvalue weighted by Crippen LogP contribution is 2.31. The van der Waals surface area contributed by atoms with Crippen LogP contribution in [0, 0.1) is 0 Å². The van der Waals surface area contributed by atoms with Crippen LogP contribution in [0.5, 0.6) is 5.75 Å². The molecule has 0 spiro atoms. The van der Waals surface area contributed by atoms with E-state index >= 15 is 0 Å². The van der Waals surface area contributed by atoms with Crippen molar-refractivity contribution >= 4 is 50.9 Å². The molecule has 2 amide bonds. The number of halogens is 3. The summed E-state index contributed by atoms with van der Waals surface area (Å²) in [6, 6.07) is 10.3. The lowest BCUT2D eigenvalue weighted by Crippen LogP contribution is -2.49. The van der Waals surface area contributed by atoms with E-state index in [1.165, 1.54) is 4.90 Å². The Balaban J connectivity index is 2.20. The van der Waals surface area contributed by atoms with Gasteiger partial charge in [-0.15, -0.1) is 0 Å². The molecule has 0 heterocycles. The van der Waals surface area contributed by atoms with Crippen molar-refractivity contribution < 1.29 is 14.3 Å². The van der Waals surface area contributed by atoms with Gasteiger partial charge in [0.2, 0.25) is 5.91 Å². The fourth-order valence-electron chi connectivity index (χ4n) is 3.12. The number of carbonyl (C=O) groups excluding carboxylic acids is 2. The zero-order valence-electron chi connectivity index (χ0n) is 19.7. The van der Waals surface area contributed by atoms with Crippen molar-refractivity contribution in [2.75, 3.05) is 13.2 Å². The average Bonchev–Trinajstić information content (AvgIpc) is 2.75. The van der Waals surface area contributed by atoms with Gasteiger partial charge >= 0.3 is 0 Å². The molecular formula is C25H31BrCl2N2O3. The second kappa shape index (κ2) is 12.1. The molecule has 1 N–H and O–H groups in total. The van der Waals surface area contributed by atoms with Crippen LogP contribution in [-0.2, 0) is 21.5 Å². The number of benzene rings is 2. The van der Waals surface area contributed by atoms with Crippen molar-refractivity contribution in [1.82, 2.24) is 10.2 Å². The number of nitrogens with one attached hydrogen (secondary N) is 1. The van der Waals surface area contributed by atoms with Gasteiger partial charge in [0.1, 0.15) is 11.8 Å². The molecule has 33 heavy (non-hydrogen) atoms. The lowest BCUT2D eigenvalue weighted by atomic mass is 9.87. The van der Waals surface area contributed by atoms with E-state index < -0.39 is 6.04 Å². The Labute approximate surface area is 214 Å². The Kier molecular flexibility index (Phi) is 10.1. The van der Waals surface area contributed by atoms with Crippen LogP contribution in [0.25, 0.3) is 0 Å². The number of hydrogen-bond donors (Lipinski definition) is 1. The van der Waals surface area contributed by atoms with E-state index in [9.17, 15) is 9.59 Å². The Morgan fingerprint density at radius 1 is 1.12 bits per heavy atom. The molecule has 2 aromatic carbocycles. The SMILES string of the molecule is CCCNC(=O)C(C)N(Cc1ccc(Cl)c(Cl)c1)C(=O)COc1ccc(C(C)(C)C)cc1Br. The van der Waals surface area contributed by atoms with Crippen LogP contribution in [0.1, 0.15) is 52.2 Å². The fraction of sp³-hybridized carbons (Fsp3) is 0.440. The van der Waals surface area contributed by atoms with Gasteiger partial charge in [-0.1, -0.05) is 63.0 Å². The molecule has 0 bridgehead atoms. The third-order valence-electron chi connectivity index (χ3n) is 5.20. The van der Waals surface area contributed by atoms with Gasteiger partial charge in [-0.05, 0) is 70.1 Å². The molecule has 0 saturated heterocycles. The van der Waals surface area contributed by atoms with Gasteiger partial charge in [-0.3, -0.25) is 9.59 Å². The first kappa shape index (κ1) is 27.5. The zero-order valence-corrected chi connectivity index (χ0v) is 22.8. The van der Waals surface area contributed by atoms with Gasteiger partial charge in [-0.2, -0.15) is 0 Å². The predicted molar refractivity (Wildman–Crippen MR) is 138 cm³/mol. The largest absolute Gasteiger partial charge is 0.483 e. The maximum absolute atomic E-state index is 13.2. The van der Waals surface area contributed by atoms with Crippen LogP contribution in [0.2, 0.25) is 10.0 Å². The smallest absolute Gasteiger partial charge is 0.261 e. The van der Waals surface area contributed by atoms with Crippen LogP contribution < -0.4 is 10.1 Å². The summed E-state index contributed by atoms with van der Waals surface area (Å²) in [5.41, 5.74) is 1.91. The minimum absolute atomic E-state index is 0.00515. The average molecular weight is 558 g/mol. The third-order valence-corrected chi connectivity index (χ3v) is 6.56. The fourth-order valence-corrected chi connectivity index (χ4v) is 3.93. The van der Waals surface area contributed by atoms with Crippen molar-refractivity contribution in [3.05, 3.63) is 62.0 Å². The van der Waals surface area contributed by atoms with Crippen molar-refractivity contribution in [3.8, 4) is 5.75 Å². The van der Waals surface area contributed by atoms with Crippen LogP contribution in [-0.4, -0.2) is 35.9 Å². The molecule has 1 unspecified atom stereocenters. The van der Waals surface area contributed by atoms with Crippen LogP contribution in [0.3, 0.4) is 0 Å². The highest BCUT2D eigenvalue weighted by Gasteiger charge is 2.27. The summed E-state index contributed by atoms with van der Waals surface area (Å²) in [5, 5.41) is 3.67. The normalized spacial score (nSPS) is 12.2. The van der Waals surface area contributed by atoms with E-state index in [1.807, 2.05) is 25.1 Å². The number of hydrogen-bond acceptors (Lipinski definition) is 3. The molecule has 1 atom stereocenters. The maximum Gasteiger partial charge on any atom is 0.261 e. The van der Waals surface area contributed by atoms with E-state index in [-0.39, 0.29) is 30.4 Å². The van der Waals surface area contributed by atoms with Gasteiger partial charge in [0.05, 0.1) is 14.5 Å². The zero-order chi connectivity index (χ0) is 24.8. The predicted octanol–water partition coefficient (Wildman–Crippen LogP) is 6.38. The molecule has 180 valence electrons. The molecule has 0 aliphatic carbocycles. The molecular weight excluding hydrogens is 527 g/mol. The summed E-state index contributed by atoms with van der Waals surface area (Å²) in [4.78, 5) is 27.3. The van der Waals surface area contributed by atoms with Crippen molar-refractivity contribution in [3.63, 3.8) is 0 Å². The second-order valence-corrected chi connectivity index (χ2v) is 10.6. The standard InChI is InChI=1S/C25H31BrCl2N2O3/c1-6-11-29-24(32)16(2)30(14-17-7-9-20(27)21(28)12-17)23(31)15-33-22-10-8-18(13-19(22)26)25(3,4)5/h7-10,12-13,16H,6,11,14-15H2,1-5H3,(H,29,32). The highest BCUT2D eigenvalue weighted by molar-refractivity contribution is 9.10. The minimum atomic E-state index is -0.686. The number of nitrogens with zero attached hydrogens (tertiary/aromatic N) is 1. The maximum atomic E-state index is 13.2. The number of ether oxygens (including phenoxy) is 1. The Bertz CT molecular complexity index is 992. The van der Waals surface area contributed by atoms with Crippen LogP contribution >= 0.6 is 39.1 Å². The third kappa shape index (κ3) is 7.90. The van der Waals surface area contributed by atoms with Crippen LogP contribution in [0.15, 0.2) is 40.9 Å². The molecule has 0 saturated carbocycles. The summed E-state index contributed by atoms with van der Waals surface area (Å²) in [5.74, 6) is 0.0296. The number of amides is 2. The van der Waals surface area contributed by atoms with E-state index in [4.69, 9.17) is 27.9 Å². The molecule has 0 radical (unpaired) electrons. The number of rotatable bonds is 9. The topological polar surface area (TPSA) is 58.6 Å². The van der Waals surface area contributed by atoms with E-state index in [1.54, 1.807) is 25.1 Å². The number of carbonyl (C=O) groups is 2. The van der Waals surface area contributed by atoms with Crippen molar-refractivity contribution in [2.24, 2.45) is 0 Å². The second-order valence-electron chi connectivity index (χ2n) is 8.92. The van der Waals surface area contributed by atoms with Gasteiger partial charge in [0.15, 0.2) is 6.61 Å². The first-order valence-corrected chi connectivity index (χ1v) is 12.4. The Morgan fingerprint density at radius 2 is 1.82 bits per heavy atom. The van der Waals surface area contributed by atoms with Gasteiger partial charge in [-0.25, -0.2) is 0 Å². The van der Waals surface area contributed by atoms with Crippen molar-refractivity contribution in [1.29, 1.82) is 0 Å². The molecule has 5 nitrogen and oxygen atoms in total. The van der Waals surface area contributed by atoms with Gasteiger partial charge in [0.25, 0.3) is 5.91 Å². The van der Waals surface area contributed by atoms with E-state index in [0.29, 0.717) is 22.3 Å². The first-order chi connectivity index (χ1) is 15.4. The van der Waals surface area contributed by atoms with Crippen LogP contribution in [0.4, 0.5) is 0 Å². The minimum Gasteiger partial charge on any atom is -0.483 e. The molecule has 8 heteroatoms. The molecule has 0 aliphatic heterocycles. The summed E-state index contributed by atoms with van der Waals surface area (Å²) in [7, 11) is 0.